The fourth-order valence-corrected chi connectivity index (χ4v) is 2.41. The number of amides is 1. The third-order valence-corrected chi connectivity index (χ3v) is 3.28. The zero-order valence-electron chi connectivity index (χ0n) is 8.53. The highest BCUT2D eigenvalue weighted by Gasteiger charge is 2.15. The molecule has 0 aliphatic carbocycles. The Balaban J connectivity index is 2.59. The molecule has 0 bridgehead atoms. The molecule has 0 saturated carbocycles. The predicted molar refractivity (Wildman–Crippen MR) is 65.8 cm³/mol. The SMILES string of the molecule is Cc1nc(-c2cccc(Cl)c2)c(C(N)=O)s1. The van der Waals surface area contributed by atoms with Crippen molar-refractivity contribution in [1.82, 2.24) is 4.98 Å². The van der Waals surface area contributed by atoms with Crippen molar-refractivity contribution in [1.29, 1.82) is 0 Å². The first kappa shape index (κ1) is 11.1. The summed E-state index contributed by atoms with van der Waals surface area (Å²) in [6.07, 6.45) is 0. The third-order valence-electron chi connectivity index (χ3n) is 2.06. The van der Waals surface area contributed by atoms with Crippen LogP contribution >= 0.6 is 22.9 Å². The number of halogens is 1. The van der Waals surface area contributed by atoms with Crippen LogP contribution < -0.4 is 5.73 Å². The molecule has 82 valence electrons. The van der Waals surface area contributed by atoms with E-state index in [4.69, 9.17) is 17.3 Å². The van der Waals surface area contributed by atoms with Crippen molar-refractivity contribution in [2.45, 2.75) is 6.92 Å². The van der Waals surface area contributed by atoms with Crippen LogP contribution in [0, 0.1) is 6.92 Å². The standard InChI is InChI=1S/C11H9ClN2OS/c1-6-14-9(10(16-6)11(13)15)7-3-2-4-8(12)5-7/h2-5H,1H3,(H2,13,15). The molecule has 5 heteroatoms. The molecule has 0 aliphatic rings. The van der Waals surface area contributed by atoms with Crippen LogP contribution in [0.5, 0.6) is 0 Å². The molecule has 1 amide bonds. The minimum absolute atomic E-state index is 0.458. The first-order valence-corrected chi connectivity index (χ1v) is 5.80. The Labute approximate surface area is 102 Å². The number of aromatic nitrogens is 1. The zero-order valence-corrected chi connectivity index (χ0v) is 10.1. The number of hydrogen-bond donors (Lipinski definition) is 1. The monoisotopic (exact) mass is 252 g/mol. The van der Waals surface area contributed by atoms with Gasteiger partial charge in [0.05, 0.1) is 10.7 Å². The first-order chi connectivity index (χ1) is 7.58. The number of carbonyl (C=O) groups is 1. The van der Waals surface area contributed by atoms with E-state index in [0.29, 0.717) is 15.6 Å². The predicted octanol–water partition coefficient (Wildman–Crippen LogP) is 2.87. The number of carbonyl (C=O) groups excluding carboxylic acids is 1. The topological polar surface area (TPSA) is 56.0 Å². The Hall–Kier alpha value is -1.39. The Morgan fingerprint density at radius 2 is 2.25 bits per heavy atom. The smallest absolute Gasteiger partial charge is 0.261 e. The van der Waals surface area contributed by atoms with Crippen molar-refractivity contribution in [3.8, 4) is 11.3 Å². The molecule has 1 heterocycles. The van der Waals surface area contributed by atoms with Gasteiger partial charge in [0, 0.05) is 10.6 Å². The molecular formula is C11H9ClN2OS. The van der Waals surface area contributed by atoms with Crippen LogP contribution in [0.15, 0.2) is 24.3 Å². The zero-order chi connectivity index (χ0) is 11.7. The molecule has 2 N–H and O–H groups in total. The molecule has 1 aromatic carbocycles. The summed E-state index contributed by atoms with van der Waals surface area (Å²) in [5, 5.41) is 1.42. The first-order valence-electron chi connectivity index (χ1n) is 4.61. The molecule has 2 rings (SSSR count). The van der Waals surface area contributed by atoms with E-state index in [9.17, 15) is 4.79 Å². The Morgan fingerprint density at radius 3 is 2.88 bits per heavy atom. The maximum atomic E-state index is 11.3. The van der Waals surface area contributed by atoms with Gasteiger partial charge in [0.2, 0.25) is 0 Å². The van der Waals surface area contributed by atoms with Crippen molar-refractivity contribution in [3.05, 3.63) is 39.2 Å². The molecule has 0 saturated heterocycles. The number of benzene rings is 1. The van der Waals surface area contributed by atoms with Gasteiger partial charge >= 0.3 is 0 Å². The molecule has 2 aromatic rings. The van der Waals surface area contributed by atoms with Crippen LogP contribution in [0.2, 0.25) is 5.02 Å². The fourth-order valence-electron chi connectivity index (χ4n) is 1.43. The maximum Gasteiger partial charge on any atom is 0.261 e. The van der Waals surface area contributed by atoms with E-state index in [0.717, 1.165) is 10.6 Å². The highest BCUT2D eigenvalue weighted by atomic mass is 35.5. The van der Waals surface area contributed by atoms with Gasteiger partial charge in [0.25, 0.3) is 5.91 Å². The van der Waals surface area contributed by atoms with E-state index in [1.165, 1.54) is 11.3 Å². The van der Waals surface area contributed by atoms with Gasteiger partial charge in [0.1, 0.15) is 4.88 Å². The molecule has 16 heavy (non-hydrogen) atoms. The normalized spacial score (nSPS) is 10.4. The van der Waals surface area contributed by atoms with E-state index in [1.54, 1.807) is 12.1 Å². The quantitative estimate of drug-likeness (QED) is 0.894. The largest absolute Gasteiger partial charge is 0.365 e. The van der Waals surface area contributed by atoms with Crippen LogP contribution in [-0.2, 0) is 0 Å². The molecule has 0 radical (unpaired) electrons. The summed E-state index contributed by atoms with van der Waals surface area (Å²) in [6, 6.07) is 7.21. The summed E-state index contributed by atoms with van der Waals surface area (Å²) >= 11 is 7.19. The fraction of sp³-hybridized carbons (Fsp3) is 0.0909. The van der Waals surface area contributed by atoms with E-state index < -0.39 is 5.91 Å². The lowest BCUT2D eigenvalue weighted by atomic mass is 10.1. The van der Waals surface area contributed by atoms with Crippen molar-refractivity contribution < 1.29 is 4.79 Å². The minimum atomic E-state index is -0.458. The van der Waals surface area contributed by atoms with E-state index in [1.807, 2.05) is 19.1 Å². The van der Waals surface area contributed by atoms with Gasteiger partial charge in [-0.3, -0.25) is 4.79 Å². The second-order valence-electron chi connectivity index (χ2n) is 3.29. The molecule has 3 nitrogen and oxygen atoms in total. The average Bonchev–Trinajstić information content (AvgIpc) is 2.60. The molecular weight excluding hydrogens is 244 g/mol. The number of primary amides is 1. The van der Waals surface area contributed by atoms with Gasteiger partial charge < -0.3 is 5.73 Å². The van der Waals surface area contributed by atoms with Crippen LogP contribution in [0.25, 0.3) is 11.3 Å². The van der Waals surface area contributed by atoms with E-state index in [2.05, 4.69) is 4.98 Å². The number of thiazole rings is 1. The minimum Gasteiger partial charge on any atom is -0.365 e. The highest BCUT2D eigenvalue weighted by molar-refractivity contribution is 7.14. The van der Waals surface area contributed by atoms with Crippen molar-refractivity contribution in [3.63, 3.8) is 0 Å². The van der Waals surface area contributed by atoms with Crippen molar-refractivity contribution in [2.75, 3.05) is 0 Å². The van der Waals surface area contributed by atoms with Crippen molar-refractivity contribution >= 4 is 28.8 Å². The number of rotatable bonds is 2. The molecule has 0 aliphatic heterocycles. The molecule has 1 aromatic heterocycles. The van der Waals surface area contributed by atoms with Gasteiger partial charge in [-0.25, -0.2) is 4.98 Å². The molecule has 0 atom stereocenters. The lowest BCUT2D eigenvalue weighted by Gasteiger charge is -1.99. The molecule has 0 fully saturated rings. The second kappa shape index (κ2) is 4.23. The summed E-state index contributed by atoms with van der Waals surface area (Å²) in [5.74, 6) is -0.458. The number of nitrogens with two attached hydrogens (primary N) is 1. The summed E-state index contributed by atoms with van der Waals surface area (Å²) in [7, 11) is 0. The number of aryl methyl sites for hydroxylation is 1. The Kier molecular flexibility index (Phi) is 2.94. The maximum absolute atomic E-state index is 11.3. The van der Waals surface area contributed by atoms with Gasteiger partial charge in [-0.1, -0.05) is 23.7 Å². The van der Waals surface area contributed by atoms with Gasteiger partial charge in [-0.15, -0.1) is 11.3 Å². The van der Waals surface area contributed by atoms with E-state index in [-0.39, 0.29) is 0 Å². The highest BCUT2D eigenvalue weighted by Crippen LogP contribution is 2.29. The summed E-state index contributed by atoms with van der Waals surface area (Å²) in [4.78, 5) is 16.0. The van der Waals surface area contributed by atoms with Crippen LogP contribution in [0.1, 0.15) is 14.7 Å². The van der Waals surface area contributed by atoms with Gasteiger partial charge in [-0.05, 0) is 19.1 Å². The third kappa shape index (κ3) is 2.08. The van der Waals surface area contributed by atoms with Crippen LogP contribution in [-0.4, -0.2) is 10.9 Å². The second-order valence-corrected chi connectivity index (χ2v) is 4.92. The van der Waals surface area contributed by atoms with Crippen LogP contribution in [0.4, 0.5) is 0 Å². The Morgan fingerprint density at radius 1 is 1.50 bits per heavy atom. The summed E-state index contributed by atoms with van der Waals surface area (Å²) in [6.45, 7) is 1.84. The lowest BCUT2D eigenvalue weighted by molar-refractivity contribution is 0.100. The number of hydrogen-bond acceptors (Lipinski definition) is 3. The molecule has 0 unspecified atom stereocenters. The molecule has 0 spiro atoms. The van der Waals surface area contributed by atoms with E-state index >= 15 is 0 Å². The van der Waals surface area contributed by atoms with Gasteiger partial charge in [0.15, 0.2) is 0 Å². The average molecular weight is 253 g/mol. The van der Waals surface area contributed by atoms with Gasteiger partial charge in [-0.2, -0.15) is 0 Å². The number of nitrogens with zero attached hydrogens (tertiary/aromatic N) is 1. The Bertz CT molecular complexity index is 551. The summed E-state index contributed by atoms with van der Waals surface area (Å²) < 4.78 is 0. The van der Waals surface area contributed by atoms with Crippen LogP contribution in [0.3, 0.4) is 0 Å². The lowest BCUT2D eigenvalue weighted by Crippen LogP contribution is -2.10. The summed E-state index contributed by atoms with van der Waals surface area (Å²) in [5.41, 5.74) is 6.72. The van der Waals surface area contributed by atoms with Crippen molar-refractivity contribution in [2.24, 2.45) is 5.73 Å².